The Morgan fingerprint density at radius 2 is 2.15 bits per heavy atom. The maximum absolute atomic E-state index is 11.8. The van der Waals surface area contributed by atoms with E-state index in [1.807, 2.05) is 0 Å². The number of hydrogen-bond donors (Lipinski definition) is 1. The van der Waals surface area contributed by atoms with Crippen LogP contribution in [0.1, 0.15) is 0 Å². The van der Waals surface area contributed by atoms with E-state index < -0.39 is 6.67 Å². The number of anilines is 1. The molecular weight excluding hydrogens is 173 g/mol. The first-order chi connectivity index (χ1) is 6.27. The maximum Gasteiger partial charge on any atom is 0.162 e. The molecule has 0 aliphatic heterocycles. The van der Waals surface area contributed by atoms with Crippen LogP contribution in [0.5, 0.6) is 11.5 Å². The first-order valence-corrected chi connectivity index (χ1v) is 3.90. The Morgan fingerprint density at radius 1 is 1.38 bits per heavy atom. The van der Waals surface area contributed by atoms with Gasteiger partial charge in [0.05, 0.1) is 7.11 Å². The minimum atomic E-state index is -0.520. The van der Waals surface area contributed by atoms with Crippen molar-refractivity contribution in [1.29, 1.82) is 0 Å². The second kappa shape index (κ2) is 4.54. The smallest absolute Gasteiger partial charge is 0.162 e. The van der Waals surface area contributed by atoms with Crippen LogP contribution < -0.4 is 15.2 Å². The predicted molar refractivity (Wildman–Crippen MR) is 48.9 cm³/mol. The van der Waals surface area contributed by atoms with E-state index in [0.29, 0.717) is 17.2 Å². The number of ether oxygens (including phenoxy) is 2. The first kappa shape index (κ1) is 9.64. The molecule has 0 aromatic heterocycles. The van der Waals surface area contributed by atoms with Gasteiger partial charge in [0.25, 0.3) is 0 Å². The van der Waals surface area contributed by atoms with Crippen LogP contribution >= 0.6 is 0 Å². The lowest BCUT2D eigenvalue weighted by molar-refractivity contribution is 0.260. The number of alkyl halides is 1. The van der Waals surface area contributed by atoms with E-state index in [2.05, 4.69) is 0 Å². The van der Waals surface area contributed by atoms with Crippen LogP contribution in [0, 0.1) is 0 Å². The van der Waals surface area contributed by atoms with Gasteiger partial charge in [0.15, 0.2) is 11.5 Å². The number of nitrogens with two attached hydrogens (primary N) is 1. The Bertz CT molecular complexity index is 278. The summed E-state index contributed by atoms with van der Waals surface area (Å²) in [5, 5.41) is 0. The highest BCUT2D eigenvalue weighted by molar-refractivity contribution is 5.51. The molecule has 0 fully saturated rings. The normalized spacial score (nSPS) is 9.69. The van der Waals surface area contributed by atoms with Crippen molar-refractivity contribution in [2.45, 2.75) is 0 Å². The van der Waals surface area contributed by atoms with Gasteiger partial charge in [0.1, 0.15) is 13.3 Å². The largest absolute Gasteiger partial charge is 0.493 e. The molecule has 0 aliphatic rings. The maximum atomic E-state index is 11.8. The van der Waals surface area contributed by atoms with E-state index in [1.165, 1.54) is 7.11 Å². The zero-order valence-corrected chi connectivity index (χ0v) is 7.42. The molecule has 1 aromatic rings. The molecule has 0 heterocycles. The number of benzene rings is 1. The molecule has 0 amide bonds. The highest BCUT2D eigenvalue weighted by Crippen LogP contribution is 2.28. The lowest BCUT2D eigenvalue weighted by Crippen LogP contribution is -2.00. The van der Waals surface area contributed by atoms with Crippen LogP contribution in [0.4, 0.5) is 10.1 Å². The predicted octanol–water partition coefficient (Wildman–Crippen LogP) is 1.63. The van der Waals surface area contributed by atoms with Crippen LogP contribution in [0.15, 0.2) is 18.2 Å². The summed E-state index contributed by atoms with van der Waals surface area (Å²) in [5.41, 5.74) is 6.11. The van der Waals surface area contributed by atoms with Gasteiger partial charge in [-0.1, -0.05) is 0 Å². The number of halogens is 1. The van der Waals surface area contributed by atoms with Crippen molar-refractivity contribution in [3.05, 3.63) is 18.2 Å². The van der Waals surface area contributed by atoms with Gasteiger partial charge in [-0.15, -0.1) is 0 Å². The molecule has 3 nitrogen and oxygen atoms in total. The third kappa shape index (κ3) is 2.50. The molecule has 0 atom stereocenters. The van der Waals surface area contributed by atoms with E-state index in [1.54, 1.807) is 18.2 Å². The van der Waals surface area contributed by atoms with Crippen molar-refractivity contribution < 1.29 is 13.9 Å². The number of nitrogen functional groups attached to an aromatic ring is 1. The van der Waals surface area contributed by atoms with Crippen molar-refractivity contribution in [2.24, 2.45) is 0 Å². The molecule has 0 unspecified atom stereocenters. The van der Waals surface area contributed by atoms with E-state index in [4.69, 9.17) is 15.2 Å². The van der Waals surface area contributed by atoms with Crippen molar-refractivity contribution >= 4 is 5.69 Å². The third-order valence-corrected chi connectivity index (χ3v) is 1.52. The van der Waals surface area contributed by atoms with Gasteiger partial charge in [-0.2, -0.15) is 0 Å². The zero-order valence-electron chi connectivity index (χ0n) is 7.42. The number of hydrogen-bond acceptors (Lipinski definition) is 3. The van der Waals surface area contributed by atoms with Crippen molar-refractivity contribution in [3.8, 4) is 11.5 Å². The van der Waals surface area contributed by atoms with E-state index in [0.717, 1.165) is 0 Å². The monoisotopic (exact) mass is 185 g/mol. The van der Waals surface area contributed by atoms with Crippen LogP contribution in [0.2, 0.25) is 0 Å². The standard InChI is InChI=1S/C9H12FNO2/c1-12-9-6-7(11)2-3-8(9)13-5-4-10/h2-3,6H,4-5,11H2,1H3. The van der Waals surface area contributed by atoms with Gasteiger partial charge < -0.3 is 15.2 Å². The van der Waals surface area contributed by atoms with Gasteiger partial charge in [-0.25, -0.2) is 4.39 Å². The summed E-state index contributed by atoms with van der Waals surface area (Å²) >= 11 is 0. The molecular formula is C9H12FNO2. The van der Waals surface area contributed by atoms with Gasteiger partial charge in [-0.05, 0) is 12.1 Å². The van der Waals surface area contributed by atoms with Crippen LogP contribution in [-0.4, -0.2) is 20.4 Å². The first-order valence-electron chi connectivity index (χ1n) is 3.90. The lowest BCUT2D eigenvalue weighted by atomic mass is 10.3. The summed E-state index contributed by atoms with van der Waals surface area (Å²) in [6.07, 6.45) is 0. The number of rotatable bonds is 4. The second-order valence-corrected chi connectivity index (χ2v) is 2.45. The van der Waals surface area contributed by atoms with Crippen molar-refractivity contribution in [3.63, 3.8) is 0 Å². The van der Waals surface area contributed by atoms with Gasteiger partial charge in [-0.3, -0.25) is 0 Å². The molecule has 2 N–H and O–H groups in total. The average molecular weight is 185 g/mol. The van der Waals surface area contributed by atoms with Crippen molar-refractivity contribution in [2.75, 3.05) is 26.1 Å². The Balaban J connectivity index is 2.79. The van der Waals surface area contributed by atoms with E-state index in [9.17, 15) is 4.39 Å². The quantitative estimate of drug-likeness (QED) is 0.725. The average Bonchev–Trinajstić information content (AvgIpc) is 2.16. The second-order valence-electron chi connectivity index (χ2n) is 2.45. The number of methoxy groups -OCH3 is 1. The highest BCUT2D eigenvalue weighted by atomic mass is 19.1. The Hall–Kier alpha value is -1.45. The molecule has 13 heavy (non-hydrogen) atoms. The van der Waals surface area contributed by atoms with Gasteiger partial charge in [0.2, 0.25) is 0 Å². The Kier molecular flexibility index (Phi) is 3.37. The molecule has 0 bridgehead atoms. The molecule has 72 valence electrons. The Morgan fingerprint density at radius 3 is 2.77 bits per heavy atom. The zero-order chi connectivity index (χ0) is 9.68. The summed E-state index contributed by atoms with van der Waals surface area (Å²) in [6, 6.07) is 4.97. The van der Waals surface area contributed by atoms with Crippen molar-refractivity contribution in [1.82, 2.24) is 0 Å². The minimum Gasteiger partial charge on any atom is -0.493 e. The molecule has 1 rings (SSSR count). The fourth-order valence-electron chi connectivity index (χ4n) is 0.952. The molecule has 0 aliphatic carbocycles. The molecule has 0 radical (unpaired) electrons. The van der Waals surface area contributed by atoms with E-state index >= 15 is 0 Å². The molecule has 1 aromatic carbocycles. The fourth-order valence-corrected chi connectivity index (χ4v) is 0.952. The Labute approximate surface area is 76.3 Å². The lowest BCUT2D eigenvalue weighted by Gasteiger charge is -2.09. The summed E-state index contributed by atoms with van der Waals surface area (Å²) in [4.78, 5) is 0. The highest BCUT2D eigenvalue weighted by Gasteiger charge is 2.03. The van der Waals surface area contributed by atoms with Gasteiger partial charge >= 0.3 is 0 Å². The van der Waals surface area contributed by atoms with E-state index in [-0.39, 0.29) is 6.61 Å². The summed E-state index contributed by atoms with van der Waals surface area (Å²) < 4.78 is 21.9. The summed E-state index contributed by atoms with van der Waals surface area (Å²) in [5.74, 6) is 1.03. The summed E-state index contributed by atoms with van der Waals surface area (Å²) in [6.45, 7) is -0.492. The van der Waals surface area contributed by atoms with Crippen LogP contribution in [0.25, 0.3) is 0 Å². The van der Waals surface area contributed by atoms with Crippen LogP contribution in [0.3, 0.4) is 0 Å². The third-order valence-electron chi connectivity index (χ3n) is 1.52. The molecule has 0 saturated carbocycles. The minimum absolute atomic E-state index is 0.0281. The summed E-state index contributed by atoms with van der Waals surface area (Å²) in [7, 11) is 1.51. The molecule has 4 heteroatoms. The molecule has 0 spiro atoms. The topological polar surface area (TPSA) is 44.5 Å². The van der Waals surface area contributed by atoms with Crippen LogP contribution in [-0.2, 0) is 0 Å². The SMILES string of the molecule is COc1cc(N)ccc1OCCF. The fraction of sp³-hybridized carbons (Fsp3) is 0.333. The molecule has 0 saturated heterocycles. The van der Waals surface area contributed by atoms with Gasteiger partial charge in [0, 0.05) is 11.8 Å².